The number of anilines is 2. The third-order valence-corrected chi connectivity index (χ3v) is 9.73. The predicted octanol–water partition coefficient (Wildman–Crippen LogP) is 3.31. The van der Waals surface area contributed by atoms with Gasteiger partial charge in [-0.2, -0.15) is 0 Å². The highest BCUT2D eigenvalue weighted by Crippen LogP contribution is 2.35. The first-order chi connectivity index (χ1) is 16.3. The van der Waals surface area contributed by atoms with Crippen molar-refractivity contribution in [1.29, 1.82) is 0 Å². The van der Waals surface area contributed by atoms with Crippen LogP contribution >= 0.6 is 0 Å². The highest BCUT2D eigenvalue weighted by molar-refractivity contribution is 7.93. The second kappa shape index (κ2) is 8.88. The van der Waals surface area contributed by atoms with Crippen molar-refractivity contribution in [1.82, 2.24) is 0 Å². The minimum Gasteiger partial charge on any atom is -0.280 e. The average Bonchev–Trinajstić information content (AvgIpc) is 2.79. The van der Waals surface area contributed by atoms with Gasteiger partial charge in [0, 0.05) is 12.8 Å². The molecule has 3 aromatic carbocycles. The van der Waals surface area contributed by atoms with E-state index in [1.807, 2.05) is 0 Å². The van der Waals surface area contributed by atoms with E-state index >= 15 is 0 Å². The van der Waals surface area contributed by atoms with E-state index in [1.165, 1.54) is 30.3 Å². The molecule has 0 radical (unpaired) electrons. The summed E-state index contributed by atoms with van der Waals surface area (Å²) < 4.78 is 106. The molecule has 0 atom stereocenters. The van der Waals surface area contributed by atoms with Crippen molar-refractivity contribution in [3.8, 4) is 0 Å². The number of rotatable bonds is 6. The lowest BCUT2D eigenvalue weighted by Crippen LogP contribution is -2.35. The van der Waals surface area contributed by atoms with Gasteiger partial charge in [0.05, 0.1) is 26.1 Å². The number of nitrogens with one attached hydrogen (secondary N) is 1. The van der Waals surface area contributed by atoms with Crippen LogP contribution in [0.15, 0.2) is 75.4 Å². The van der Waals surface area contributed by atoms with Gasteiger partial charge in [0.2, 0.25) is 0 Å². The van der Waals surface area contributed by atoms with E-state index in [-0.39, 0.29) is 27.7 Å². The van der Waals surface area contributed by atoms with Gasteiger partial charge >= 0.3 is 0 Å². The number of aryl methyl sites for hydroxylation is 1. The van der Waals surface area contributed by atoms with Crippen molar-refractivity contribution in [2.24, 2.45) is 0 Å². The van der Waals surface area contributed by atoms with Gasteiger partial charge in [-0.3, -0.25) is 9.03 Å². The Kier molecular flexibility index (Phi) is 6.36. The Morgan fingerprint density at radius 2 is 1.51 bits per heavy atom. The van der Waals surface area contributed by atoms with Crippen molar-refractivity contribution in [3.63, 3.8) is 0 Å². The van der Waals surface area contributed by atoms with Gasteiger partial charge in [-0.15, -0.1) is 0 Å². The monoisotopic (exact) mass is 542 g/mol. The summed E-state index contributed by atoms with van der Waals surface area (Å²) in [7, 11) is -12.1. The normalized spacial score (nSPS) is 14.4. The zero-order chi connectivity index (χ0) is 25.6. The van der Waals surface area contributed by atoms with E-state index in [1.54, 1.807) is 6.07 Å². The van der Waals surface area contributed by atoms with Crippen LogP contribution in [0.5, 0.6) is 0 Å². The zero-order valence-corrected chi connectivity index (χ0v) is 20.7. The standard InChI is InChI=1S/C22H20F2N2O6S3/c1-33(27,28)17-5-2-6-19(13-17)35(31,32)26-11-3-4-15-7-8-16(12-22(15)26)25-34(29,30)18-9-10-20(23)21(24)14-18/h2,5-10,12-14,25H,3-4,11H2,1H3. The Morgan fingerprint density at radius 1 is 0.800 bits per heavy atom. The Balaban J connectivity index is 1.72. The van der Waals surface area contributed by atoms with Gasteiger partial charge in [0.25, 0.3) is 20.0 Å². The lowest BCUT2D eigenvalue weighted by molar-refractivity contribution is 0.504. The molecular weight excluding hydrogens is 522 g/mol. The number of nitrogens with zero attached hydrogens (tertiary/aromatic N) is 1. The summed E-state index contributed by atoms with van der Waals surface area (Å²) in [6, 6.07) is 11.5. The fourth-order valence-electron chi connectivity index (χ4n) is 3.70. The molecule has 1 aliphatic rings. The van der Waals surface area contributed by atoms with Crippen molar-refractivity contribution in [2.75, 3.05) is 21.8 Å². The minimum atomic E-state index is -4.30. The first-order valence-corrected chi connectivity index (χ1v) is 15.0. The number of sulfone groups is 1. The lowest BCUT2D eigenvalue weighted by atomic mass is 10.0. The van der Waals surface area contributed by atoms with E-state index in [0.717, 1.165) is 22.7 Å². The smallest absolute Gasteiger partial charge is 0.264 e. The van der Waals surface area contributed by atoms with Gasteiger partial charge in [-0.25, -0.2) is 34.0 Å². The number of benzene rings is 3. The molecule has 0 fully saturated rings. The van der Waals surface area contributed by atoms with E-state index in [2.05, 4.69) is 4.72 Å². The fourth-order valence-corrected chi connectivity index (χ4v) is 7.09. The maximum absolute atomic E-state index is 13.5. The summed E-state index contributed by atoms with van der Waals surface area (Å²) in [5.74, 6) is -2.52. The van der Waals surface area contributed by atoms with Gasteiger partial charge in [-0.1, -0.05) is 12.1 Å². The Hall–Kier alpha value is -3.03. The molecule has 0 aliphatic carbocycles. The third-order valence-electron chi connectivity index (χ3n) is 5.44. The molecule has 0 saturated carbocycles. The SMILES string of the molecule is CS(=O)(=O)c1cccc(S(=O)(=O)N2CCCc3ccc(NS(=O)(=O)c4ccc(F)c(F)c4)cc32)c1. The molecule has 35 heavy (non-hydrogen) atoms. The van der Waals surface area contributed by atoms with E-state index in [9.17, 15) is 34.0 Å². The molecule has 8 nitrogen and oxygen atoms in total. The van der Waals surface area contributed by atoms with Crippen LogP contribution in [0.2, 0.25) is 0 Å². The van der Waals surface area contributed by atoms with Crippen LogP contribution in [0.25, 0.3) is 0 Å². The van der Waals surface area contributed by atoms with Crippen LogP contribution in [-0.4, -0.2) is 38.1 Å². The average molecular weight is 543 g/mol. The molecule has 13 heteroatoms. The summed E-state index contributed by atoms with van der Waals surface area (Å²) >= 11 is 0. The molecule has 0 bridgehead atoms. The fraction of sp³-hybridized carbons (Fsp3) is 0.182. The summed E-state index contributed by atoms with van der Waals surface area (Å²) in [6.45, 7) is 0.0951. The Bertz CT molecular complexity index is 1640. The zero-order valence-electron chi connectivity index (χ0n) is 18.3. The maximum atomic E-state index is 13.5. The van der Waals surface area contributed by atoms with Crippen molar-refractivity contribution < 1.29 is 34.0 Å². The highest BCUT2D eigenvalue weighted by Gasteiger charge is 2.30. The molecular formula is C22H20F2N2O6S3. The van der Waals surface area contributed by atoms with E-state index in [0.29, 0.717) is 30.5 Å². The summed E-state index contributed by atoms with van der Waals surface area (Å²) in [4.78, 5) is -0.874. The number of sulfonamides is 2. The van der Waals surface area contributed by atoms with E-state index in [4.69, 9.17) is 0 Å². The lowest BCUT2D eigenvalue weighted by Gasteiger charge is -2.31. The number of fused-ring (bicyclic) bond motifs is 1. The van der Waals surface area contributed by atoms with Crippen LogP contribution < -0.4 is 9.03 Å². The van der Waals surface area contributed by atoms with Gasteiger partial charge in [0.1, 0.15) is 0 Å². The number of halogens is 2. The molecule has 0 aromatic heterocycles. The first kappa shape index (κ1) is 25.1. The molecule has 1 aliphatic heterocycles. The number of hydrogen-bond donors (Lipinski definition) is 1. The molecule has 0 amide bonds. The molecule has 186 valence electrons. The Labute approximate surface area is 202 Å². The summed E-state index contributed by atoms with van der Waals surface area (Å²) in [5, 5.41) is 0. The topological polar surface area (TPSA) is 118 Å². The van der Waals surface area contributed by atoms with Gasteiger partial charge in [0.15, 0.2) is 21.5 Å². The van der Waals surface area contributed by atoms with Crippen LogP contribution in [0.3, 0.4) is 0 Å². The maximum Gasteiger partial charge on any atom is 0.264 e. The molecule has 0 unspecified atom stereocenters. The number of hydrogen-bond acceptors (Lipinski definition) is 6. The van der Waals surface area contributed by atoms with Crippen molar-refractivity contribution in [2.45, 2.75) is 27.5 Å². The Morgan fingerprint density at radius 3 is 2.20 bits per heavy atom. The highest BCUT2D eigenvalue weighted by atomic mass is 32.2. The minimum absolute atomic E-state index is 0.0143. The third kappa shape index (κ3) is 5.02. The van der Waals surface area contributed by atoms with Crippen LogP contribution in [0.4, 0.5) is 20.2 Å². The van der Waals surface area contributed by atoms with Crippen molar-refractivity contribution >= 4 is 41.3 Å². The second-order valence-corrected chi connectivity index (χ2v) is 13.5. The van der Waals surface area contributed by atoms with Gasteiger partial charge in [-0.05, 0) is 66.9 Å². The quantitative estimate of drug-likeness (QED) is 0.511. The molecule has 0 saturated heterocycles. The van der Waals surface area contributed by atoms with Crippen LogP contribution in [0.1, 0.15) is 12.0 Å². The van der Waals surface area contributed by atoms with Crippen LogP contribution in [-0.2, 0) is 36.3 Å². The molecule has 0 spiro atoms. The van der Waals surface area contributed by atoms with Crippen molar-refractivity contribution in [3.05, 3.63) is 77.9 Å². The predicted molar refractivity (Wildman–Crippen MR) is 126 cm³/mol. The molecule has 1 N–H and O–H groups in total. The largest absolute Gasteiger partial charge is 0.280 e. The van der Waals surface area contributed by atoms with E-state index < -0.39 is 46.4 Å². The van der Waals surface area contributed by atoms with Gasteiger partial charge < -0.3 is 0 Å². The molecule has 4 rings (SSSR count). The summed E-state index contributed by atoms with van der Waals surface area (Å²) in [6.07, 6.45) is 2.01. The summed E-state index contributed by atoms with van der Waals surface area (Å²) in [5.41, 5.74) is 0.891. The molecule has 3 aromatic rings. The van der Waals surface area contributed by atoms with Crippen LogP contribution in [0, 0.1) is 11.6 Å². The molecule has 1 heterocycles. The first-order valence-electron chi connectivity index (χ1n) is 10.2. The second-order valence-electron chi connectivity index (χ2n) is 7.95.